The second-order valence-electron chi connectivity index (χ2n) is 5.41. The SMILES string of the molecule is CC(CCC(=O)O)CNC(=O)NCC1CCCN1C. The number of urea groups is 1. The van der Waals surface area contributed by atoms with Crippen LogP contribution in [0.1, 0.15) is 32.6 Å². The molecule has 0 saturated carbocycles. The summed E-state index contributed by atoms with van der Waals surface area (Å²) in [6, 6.07) is 0.276. The lowest BCUT2D eigenvalue weighted by Crippen LogP contribution is -2.43. The number of nitrogens with one attached hydrogen (secondary N) is 2. The standard InChI is InChI=1S/C13H25N3O3/c1-10(5-6-12(17)18)8-14-13(19)15-9-11-4-3-7-16(11)2/h10-11H,3-9H2,1-2H3,(H,17,18)(H2,14,15,19). The van der Waals surface area contributed by atoms with E-state index in [1.54, 1.807) is 0 Å². The lowest BCUT2D eigenvalue weighted by Gasteiger charge is -2.20. The number of carboxylic acid groups (broad SMARTS) is 1. The smallest absolute Gasteiger partial charge is 0.314 e. The van der Waals surface area contributed by atoms with E-state index < -0.39 is 5.97 Å². The topological polar surface area (TPSA) is 81.7 Å². The molecule has 0 aliphatic carbocycles. The average molecular weight is 271 g/mol. The van der Waals surface area contributed by atoms with Gasteiger partial charge in [-0.1, -0.05) is 6.92 Å². The quantitative estimate of drug-likeness (QED) is 0.642. The molecule has 1 rings (SSSR count). The number of amides is 2. The van der Waals surface area contributed by atoms with Crippen LogP contribution >= 0.6 is 0 Å². The molecule has 6 nitrogen and oxygen atoms in total. The Morgan fingerprint density at radius 1 is 1.42 bits per heavy atom. The van der Waals surface area contributed by atoms with Crippen LogP contribution in [0.3, 0.4) is 0 Å². The molecule has 2 amide bonds. The van der Waals surface area contributed by atoms with Crippen molar-refractivity contribution in [3.05, 3.63) is 0 Å². The summed E-state index contributed by atoms with van der Waals surface area (Å²) in [5.74, 6) is -0.614. The van der Waals surface area contributed by atoms with Gasteiger partial charge in [-0.15, -0.1) is 0 Å². The molecule has 3 N–H and O–H groups in total. The Morgan fingerprint density at radius 2 is 2.16 bits per heavy atom. The Labute approximate surface area is 114 Å². The van der Waals surface area contributed by atoms with Crippen molar-refractivity contribution in [2.24, 2.45) is 5.92 Å². The Morgan fingerprint density at radius 3 is 2.74 bits per heavy atom. The number of carbonyl (C=O) groups is 2. The summed E-state index contributed by atoms with van der Waals surface area (Å²) < 4.78 is 0. The summed E-state index contributed by atoms with van der Waals surface area (Å²) in [5.41, 5.74) is 0. The molecule has 2 atom stereocenters. The van der Waals surface area contributed by atoms with Gasteiger partial charge in [0.25, 0.3) is 0 Å². The molecule has 1 saturated heterocycles. The molecule has 0 spiro atoms. The van der Waals surface area contributed by atoms with Crippen molar-refractivity contribution in [2.75, 3.05) is 26.7 Å². The summed E-state index contributed by atoms with van der Waals surface area (Å²) in [6.07, 6.45) is 3.06. The minimum absolute atomic E-state index is 0.150. The van der Waals surface area contributed by atoms with Gasteiger partial charge in [0.2, 0.25) is 0 Å². The van der Waals surface area contributed by atoms with Gasteiger partial charge < -0.3 is 20.6 Å². The number of carbonyl (C=O) groups excluding carboxylic acids is 1. The fourth-order valence-electron chi connectivity index (χ4n) is 2.25. The van der Waals surface area contributed by atoms with Gasteiger partial charge in [0.15, 0.2) is 0 Å². The maximum Gasteiger partial charge on any atom is 0.314 e. The molecule has 1 fully saturated rings. The van der Waals surface area contributed by atoms with Crippen molar-refractivity contribution in [2.45, 2.75) is 38.6 Å². The van der Waals surface area contributed by atoms with E-state index in [-0.39, 0.29) is 18.4 Å². The Balaban J connectivity index is 2.08. The van der Waals surface area contributed by atoms with Crippen LogP contribution in [0.2, 0.25) is 0 Å². The van der Waals surface area contributed by atoms with Crippen molar-refractivity contribution in [3.8, 4) is 0 Å². The number of likely N-dealkylation sites (N-methyl/N-ethyl adjacent to an activating group) is 1. The summed E-state index contributed by atoms with van der Waals surface area (Å²) in [4.78, 5) is 24.3. The van der Waals surface area contributed by atoms with E-state index in [1.165, 1.54) is 6.42 Å². The van der Waals surface area contributed by atoms with E-state index in [4.69, 9.17) is 5.11 Å². The monoisotopic (exact) mass is 271 g/mol. The van der Waals surface area contributed by atoms with E-state index in [0.717, 1.165) is 13.0 Å². The number of hydrogen-bond donors (Lipinski definition) is 3. The maximum atomic E-state index is 11.6. The molecular weight excluding hydrogens is 246 g/mol. The van der Waals surface area contributed by atoms with Gasteiger partial charge in [-0.25, -0.2) is 4.79 Å². The second kappa shape index (κ2) is 7.99. The molecule has 1 aliphatic rings. The van der Waals surface area contributed by atoms with Crippen LogP contribution in [0.5, 0.6) is 0 Å². The third kappa shape index (κ3) is 6.42. The second-order valence-corrected chi connectivity index (χ2v) is 5.41. The summed E-state index contributed by atoms with van der Waals surface area (Å²) in [5, 5.41) is 14.2. The van der Waals surface area contributed by atoms with Crippen LogP contribution in [-0.2, 0) is 4.79 Å². The van der Waals surface area contributed by atoms with E-state index in [9.17, 15) is 9.59 Å². The van der Waals surface area contributed by atoms with Gasteiger partial charge in [-0.2, -0.15) is 0 Å². The summed E-state index contributed by atoms with van der Waals surface area (Å²) in [7, 11) is 2.07. The number of aliphatic carboxylic acids is 1. The normalized spacial score (nSPS) is 21.1. The lowest BCUT2D eigenvalue weighted by atomic mass is 10.1. The number of carboxylic acids is 1. The van der Waals surface area contributed by atoms with Crippen molar-refractivity contribution in [1.82, 2.24) is 15.5 Å². The zero-order valence-corrected chi connectivity index (χ0v) is 11.8. The molecular formula is C13H25N3O3. The minimum Gasteiger partial charge on any atom is -0.481 e. The van der Waals surface area contributed by atoms with E-state index in [1.807, 2.05) is 6.92 Å². The molecule has 1 aliphatic heterocycles. The number of rotatable bonds is 7. The van der Waals surface area contributed by atoms with Crippen LogP contribution in [0.25, 0.3) is 0 Å². The molecule has 0 aromatic rings. The molecule has 1 heterocycles. The molecule has 19 heavy (non-hydrogen) atoms. The van der Waals surface area contributed by atoms with Crippen LogP contribution < -0.4 is 10.6 Å². The highest BCUT2D eigenvalue weighted by Crippen LogP contribution is 2.13. The first-order chi connectivity index (χ1) is 8.99. The van der Waals surface area contributed by atoms with Crippen molar-refractivity contribution >= 4 is 12.0 Å². The van der Waals surface area contributed by atoms with Gasteiger partial charge in [-0.3, -0.25) is 4.79 Å². The number of likely N-dealkylation sites (tertiary alicyclic amines) is 1. The minimum atomic E-state index is -0.791. The first kappa shape index (κ1) is 15.8. The van der Waals surface area contributed by atoms with Crippen molar-refractivity contribution < 1.29 is 14.7 Å². The summed E-state index contributed by atoms with van der Waals surface area (Å²) in [6.45, 7) is 4.22. The maximum absolute atomic E-state index is 11.6. The largest absolute Gasteiger partial charge is 0.481 e. The van der Waals surface area contributed by atoms with Crippen molar-refractivity contribution in [3.63, 3.8) is 0 Å². The predicted octanol–water partition coefficient (Wildman–Crippen LogP) is 0.881. The van der Waals surface area contributed by atoms with Gasteiger partial charge in [0.1, 0.15) is 0 Å². The van der Waals surface area contributed by atoms with Gasteiger partial charge in [0, 0.05) is 25.6 Å². The van der Waals surface area contributed by atoms with Crippen LogP contribution in [-0.4, -0.2) is 54.7 Å². The van der Waals surface area contributed by atoms with Gasteiger partial charge in [-0.05, 0) is 38.8 Å². The predicted molar refractivity (Wildman–Crippen MR) is 73.1 cm³/mol. The lowest BCUT2D eigenvalue weighted by molar-refractivity contribution is -0.137. The Hall–Kier alpha value is -1.30. The third-order valence-electron chi connectivity index (χ3n) is 3.63. The fraction of sp³-hybridized carbons (Fsp3) is 0.846. The highest BCUT2D eigenvalue weighted by Gasteiger charge is 2.20. The van der Waals surface area contributed by atoms with E-state index >= 15 is 0 Å². The molecule has 0 aromatic carbocycles. The highest BCUT2D eigenvalue weighted by atomic mass is 16.4. The first-order valence-corrected chi connectivity index (χ1v) is 6.92. The molecule has 0 bridgehead atoms. The third-order valence-corrected chi connectivity index (χ3v) is 3.63. The van der Waals surface area contributed by atoms with Crippen molar-refractivity contribution in [1.29, 1.82) is 0 Å². The molecule has 2 unspecified atom stereocenters. The molecule has 110 valence electrons. The Kier molecular flexibility index (Phi) is 6.62. The first-order valence-electron chi connectivity index (χ1n) is 6.92. The molecule has 6 heteroatoms. The highest BCUT2D eigenvalue weighted by molar-refractivity contribution is 5.73. The average Bonchev–Trinajstić information content (AvgIpc) is 2.77. The Bertz CT molecular complexity index is 310. The van der Waals surface area contributed by atoms with Crippen LogP contribution in [0.15, 0.2) is 0 Å². The number of nitrogens with zero attached hydrogens (tertiary/aromatic N) is 1. The van der Waals surface area contributed by atoms with Crippen LogP contribution in [0.4, 0.5) is 4.79 Å². The van der Waals surface area contributed by atoms with Gasteiger partial charge >= 0.3 is 12.0 Å². The molecule has 0 aromatic heterocycles. The zero-order valence-electron chi connectivity index (χ0n) is 11.8. The van der Waals surface area contributed by atoms with Gasteiger partial charge in [0.05, 0.1) is 0 Å². The fourth-order valence-corrected chi connectivity index (χ4v) is 2.25. The number of hydrogen-bond acceptors (Lipinski definition) is 3. The van der Waals surface area contributed by atoms with Crippen LogP contribution in [0, 0.1) is 5.92 Å². The zero-order chi connectivity index (χ0) is 14.3. The summed E-state index contributed by atoms with van der Waals surface area (Å²) >= 11 is 0. The molecule has 0 radical (unpaired) electrons. The van der Waals surface area contributed by atoms with E-state index in [2.05, 4.69) is 22.6 Å². The van der Waals surface area contributed by atoms with E-state index in [0.29, 0.717) is 25.6 Å².